The molecule has 3 rings (SSSR count). The van der Waals surface area contributed by atoms with Crippen LogP contribution in [0.1, 0.15) is 18.4 Å². The fraction of sp³-hybridized carbons (Fsp3) is 0.333. The number of pyridine rings is 1. The van der Waals surface area contributed by atoms with E-state index < -0.39 is 21.9 Å². The molecule has 1 atom stereocenters. The second-order valence-electron chi connectivity index (χ2n) is 6.15. The van der Waals surface area contributed by atoms with Crippen molar-refractivity contribution in [2.24, 2.45) is 0 Å². The molecule has 0 radical (unpaired) electrons. The van der Waals surface area contributed by atoms with Crippen molar-refractivity contribution in [3.63, 3.8) is 0 Å². The normalized spacial score (nSPS) is 17.6. The average Bonchev–Trinajstić information content (AvgIpc) is 3.18. The molecule has 1 aliphatic heterocycles. The van der Waals surface area contributed by atoms with Crippen LogP contribution >= 0.6 is 0 Å². The number of amides is 1. The summed E-state index contributed by atoms with van der Waals surface area (Å²) in [5, 5.41) is 2.76. The van der Waals surface area contributed by atoms with E-state index in [4.69, 9.17) is 4.74 Å². The second-order valence-corrected chi connectivity index (χ2v) is 8.04. The van der Waals surface area contributed by atoms with Gasteiger partial charge in [-0.15, -0.1) is 0 Å². The molecule has 1 amide bonds. The minimum absolute atomic E-state index is 0.0250. The molecule has 2 heterocycles. The Kier molecular flexibility index (Phi) is 5.71. The number of carbonyl (C=O) groups excluding carboxylic acids is 1. The highest BCUT2D eigenvalue weighted by Crippen LogP contribution is 2.26. The smallest absolute Gasteiger partial charge is 0.243 e. The van der Waals surface area contributed by atoms with Gasteiger partial charge in [0.1, 0.15) is 11.9 Å². The lowest BCUT2D eigenvalue weighted by Gasteiger charge is -2.23. The largest absolute Gasteiger partial charge is 0.481 e. The summed E-state index contributed by atoms with van der Waals surface area (Å²) in [6.07, 6.45) is 2.61. The summed E-state index contributed by atoms with van der Waals surface area (Å²) in [6, 6.07) is 7.27. The molecular weight excluding hydrogens is 373 g/mol. The van der Waals surface area contributed by atoms with E-state index in [0.29, 0.717) is 18.7 Å². The van der Waals surface area contributed by atoms with Gasteiger partial charge in [-0.25, -0.2) is 17.8 Å². The number of aromatic nitrogens is 1. The Hall–Kier alpha value is -2.52. The lowest BCUT2D eigenvalue weighted by Crippen LogP contribution is -2.45. The number of ether oxygens (including phenoxy) is 1. The first-order chi connectivity index (χ1) is 12.9. The van der Waals surface area contributed by atoms with E-state index >= 15 is 0 Å². The molecule has 0 saturated carbocycles. The Balaban J connectivity index is 1.69. The Morgan fingerprint density at radius 1 is 1.30 bits per heavy atom. The molecule has 1 aliphatic rings. The SMILES string of the molecule is COc1ccc(CNC(=O)C2CCCN2S(=O)(=O)c2ccc(F)cc2)cn1. The quantitative estimate of drug-likeness (QED) is 0.807. The van der Waals surface area contributed by atoms with E-state index in [9.17, 15) is 17.6 Å². The minimum atomic E-state index is -3.86. The summed E-state index contributed by atoms with van der Waals surface area (Å²) >= 11 is 0. The van der Waals surface area contributed by atoms with Crippen LogP contribution in [-0.4, -0.2) is 43.3 Å². The number of methoxy groups -OCH3 is 1. The van der Waals surface area contributed by atoms with E-state index in [-0.39, 0.29) is 23.9 Å². The zero-order chi connectivity index (χ0) is 19.4. The zero-order valence-corrected chi connectivity index (χ0v) is 15.6. The van der Waals surface area contributed by atoms with Crippen molar-refractivity contribution in [1.29, 1.82) is 0 Å². The number of nitrogens with one attached hydrogen (secondary N) is 1. The predicted octanol–water partition coefficient (Wildman–Crippen LogP) is 1.70. The number of hydrogen-bond donors (Lipinski definition) is 1. The first-order valence-electron chi connectivity index (χ1n) is 8.46. The number of rotatable bonds is 6. The van der Waals surface area contributed by atoms with Crippen molar-refractivity contribution >= 4 is 15.9 Å². The van der Waals surface area contributed by atoms with Gasteiger partial charge in [0, 0.05) is 25.4 Å². The summed E-state index contributed by atoms with van der Waals surface area (Å²) in [5.41, 5.74) is 0.773. The zero-order valence-electron chi connectivity index (χ0n) is 14.8. The Morgan fingerprint density at radius 2 is 2.04 bits per heavy atom. The van der Waals surface area contributed by atoms with Gasteiger partial charge in [0.15, 0.2) is 0 Å². The van der Waals surface area contributed by atoms with E-state index in [1.165, 1.54) is 23.5 Å². The van der Waals surface area contributed by atoms with Gasteiger partial charge in [-0.3, -0.25) is 4.79 Å². The third-order valence-corrected chi connectivity index (χ3v) is 6.32. The summed E-state index contributed by atoms with van der Waals surface area (Å²) in [4.78, 5) is 16.6. The molecule has 1 saturated heterocycles. The molecule has 7 nitrogen and oxygen atoms in total. The van der Waals surface area contributed by atoms with Crippen LogP contribution < -0.4 is 10.1 Å². The van der Waals surface area contributed by atoms with E-state index in [1.807, 2.05) is 0 Å². The number of nitrogens with zero attached hydrogens (tertiary/aromatic N) is 2. The summed E-state index contributed by atoms with van der Waals surface area (Å²) in [6.45, 7) is 0.485. The van der Waals surface area contributed by atoms with E-state index in [1.54, 1.807) is 18.3 Å². The van der Waals surface area contributed by atoms with Crippen LogP contribution in [0.2, 0.25) is 0 Å². The molecule has 1 aromatic carbocycles. The van der Waals surface area contributed by atoms with Crippen molar-refractivity contribution in [1.82, 2.24) is 14.6 Å². The molecule has 144 valence electrons. The van der Waals surface area contributed by atoms with Crippen LogP contribution in [0.4, 0.5) is 4.39 Å². The van der Waals surface area contributed by atoms with Crippen LogP contribution in [0, 0.1) is 5.82 Å². The molecule has 0 bridgehead atoms. The van der Waals surface area contributed by atoms with Crippen LogP contribution in [0.15, 0.2) is 47.5 Å². The lowest BCUT2D eigenvalue weighted by atomic mass is 10.2. The van der Waals surface area contributed by atoms with Crippen molar-refractivity contribution in [2.45, 2.75) is 30.3 Å². The van der Waals surface area contributed by atoms with Crippen LogP contribution in [0.25, 0.3) is 0 Å². The standard InChI is InChI=1S/C18H20FN3O4S/c1-26-17-9-4-13(11-20-17)12-21-18(23)16-3-2-10-22(16)27(24,25)15-7-5-14(19)6-8-15/h4-9,11,16H,2-3,10,12H2,1H3,(H,21,23). The van der Waals surface area contributed by atoms with E-state index in [2.05, 4.69) is 10.3 Å². The summed E-state index contributed by atoms with van der Waals surface area (Å²) in [5.74, 6) is -0.413. The maximum atomic E-state index is 13.1. The molecule has 0 aliphatic carbocycles. The van der Waals surface area contributed by atoms with Crippen LogP contribution in [0.3, 0.4) is 0 Å². The van der Waals surface area contributed by atoms with Gasteiger partial charge in [-0.1, -0.05) is 6.07 Å². The van der Waals surface area contributed by atoms with Crippen LogP contribution in [-0.2, 0) is 21.4 Å². The number of halogens is 1. The fourth-order valence-electron chi connectivity index (χ4n) is 2.98. The van der Waals surface area contributed by atoms with Gasteiger partial charge in [-0.05, 0) is 42.7 Å². The van der Waals surface area contributed by atoms with Crippen molar-refractivity contribution < 1.29 is 22.3 Å². The monoisotopic (exact) mass is 393 g/mol. The second kappa shape index (κ2) is 8.01. The third-order valence-electron chi connectivity index (χ3n) is 4.40. The van der Waals surface area contributed by atoms with Gasteiger partial charge in [-0.2, -0.15) is 4.31 Å². The molecule has 1 fully saturated rings. The maximum Gasteiger partial charge on any atom is 0.243 e. The van der Waals surface area contributed by atoms with Crippen molar-refractivity contribution in [3.05, 3.63) is 54.0 Å². The first-order valence-corrected chi connectivity index (χ1v) is 9.90. The maximum absolute atomic E-state index is 13.1. The van der Waals surface area contributed by atoms with Gasteiger partial charge in [0.05, 0.1) is 12.0 Å². The summed E-state index contributed by atoms with van der Waals surface area (Å²) < 4.78 is 44.9. The van der Waals surface area contributed by atoms with Gasteiger partial charge in [0.25, 0.3) is 0 Å². The summed E-state index contributed by atoms with van der Waals surface area (Å²) in [7, 11) is -2.35. The lowest BCUT2D eigenvalue weighted by molar-refractivity contribution is -0.124. The molecule has 9 heteroatoms. The number of carbonyl (C=O) groups is 1. The van der Waals surface area contributed by atoms with Gasteiger partial charge < -0.3 is 10.1 Å². The average molecular weight is 393 g/mol. The van der Waals surface area contributed by atoms with Crippen molar-refractivity contribution in [3.8, 4) is 5.88 Å². The van der Waals surface area contributed by atoms with Gasteiger partial charge >= 0.3 is 0 Å². The Bertz CT molecular complexity index is 901. The Morgan fingerprint density at radius 3 is 2.67 bits per heavy atom. The number of benzene rings is 1. The molecule has 0 spiro atoms. The molecule has 1 N–H and O–H groups in total. The highest BCUT2D eigenvalue weighted by molar-refractivity contribution is 7.89. The van der Waals surface area contributed by atoms with Crippen molar-refractivity contribution in [2.75, 3.05) is 13.7 Å². The molecular formula is C18H20FN3O4S. The molecule has 27 heavy (non-hydrogen) atoms. The van der Waals surface area contributed by atoms with Gasteiger partial charge in [0.2, 0.25) is 21.8 Å². The molecule has 2 aromatic rings. The number of hydrogen-bond acceptors (Lipinski definition) is 5. The molecule has 1 unspecified atom stereocenters. The highest BCUT2D eigenvalue weighted by Gasteiger charge is 2.39. The number of sulfonamides is 1. The first kappa shape index (κ1) is 19.2. The highest BCUT2D eigenvalue weighted by atomic mass is 32.2. The predicted molar refractivity (Wildman–Crippen MR) is 95.9 cm³/mol. The topological polar surface area (TPSA) is 88.6 Å². The molecule has 1 aromatic heterocycles. The van der Waals surface area contributed by atoms with Crippen LogP contribution in [0.5, 0.6) is 5.88 Å². The third kappa shape index (κ3) is 4.25. The Labute approximate surface area is 157 Å². The minimum Gasteiger partial charge on any atom is -0.481 e. The fourth-order valence-corrected chi connectivity index (χ4v) is 4.63. The van der Waals surface area contributed by atoms with E-state index in [0.717, 1.165) is 17.7 Å².